The summed E-state index contributed by atoms with van der Waals surface area (Å²) in [4.78, 5) is 10.6. The number of amides is 1. The van der Waals surface area contributed by atoms with Gasteiger partial charge in [-0.2, -0.15) is 0 Å². The van der Waals surface area contributed by atoms with Crippen LogP contribution in [0.15, 0.2) is 0 Å². The number of rotatable bonds is 10. The molecular weight excluding hydrogens is 190 g/mol. The molecule has 0 saturated heterocycles. The molecule has 15 heavy (non-hydrogen) atoms. The van der Waals surface area contributed by atoms with Crippen molar-refractivity contribution >= 4 is 5.91 Å². The second-order valence-electron chi connectivity index (χ2n) is 3.86. The van der Waals surface area contributed by atoms with Gasteiger partial charge in [0.05, 0.1) is 0 Å². The van der Waals surface area contributed by atoms with E-state index in [2.05, 4.69) is 12.2 Å². The lowest BCUT2D eigenvalue weighted by Gasteiger charge is -2.03. The van der Waals surface area contributed by atoms with Crippen molar-refractivity contribution in [3.63, 3.8) is 0 Å². The zero-order valence-corrected chi connectivity index (χ0v) is 10.2. The molecule has 0 unspecified atom stereocenters. The van der Waals surface area contributed by atoms with Crippen molar-refractivity contribution in [3.05, 3.63) is 0 Å². The molecule has 0 fully saturated rings. The Balaban J connectivity index is 2.89. The quantitative estimate of drug-likeness (QED) is 0.569. The minimum atomic E-state index is 0.0722. The van der Waals surface area contributed by atoms with Crippen LogP contribution in [0.25, 0.3) is 0 Å². The predicted molar refractivity (Wildman–Crippen MR) is 62.9 cm³/mol. The summed E-state index contributed by atoms with van der Waals surface area (Å²) < 4.78 is 5.38. The molecule has 3 nitrogen and oxygen atoms in total. The predicted octanol–water partition coefficient (Wildman–Crippen LogP) is 2.50. The van der Waals surface area contributed by atoms with Crippen LogP contribution in [-0.2, 0) is 9.53 Å². The average molecular weight is 215 g/mol. The van der Waals surface area contributed by atoms with Crippen molar-refractivity contribution in [2.24, 2.45) is 0 Å². The van der Waals surface area contributed by atoms with Gasteiger partial charge in [-0.15, -0.1) is 0 Å². The van der Waals surface area contributed by atoms with Crippen molar-refractivity contribution in [3.8, 4) is 0 Å². The van der Waals surface area contributed by atoms with Crippen molar-refractivity contribution in [2.75, 3.05) is 19.8 Å². The van der Waals surface area contributed by atoms with Crippen molar-refractivity contribution in [1.29, 1.82) is 0 Å². The Labute approximate surface area is 93.6 Å². The second kappa shape index (κ2) is 11.5. The van der Waals surface area contributed by atoms with Crippen molar-refractivity contribution in [1.82, 2.24) is 5.32 Å². The van der Waals surface area contributed by atoms with Crippen molar-refractivity contribution < 1.29 is 9.53 Å². The molecule has 0 radical (unpaired) electrons. The number of unbranched alkanes of at least 4 members (excludes halogenated alkanes) is 4. The minimum absolute atomic E-state index is 0.0722. The first kappa shape index (κ1) is 14.4. The Morgan fingerprint density at radius 2 is 1.73 bits per heavy atom. The Hall–Kier alpha value is -0.570. The van der Waals surface area contributed by atoms with Gasteiger partial charge in [-0.3, -0.25) is 4.79 Å². The zero-order chi connectivity index (χ0) is 11.4. The van der Waals surface area contributed by atoms with E-state index in [1.807, 2.05) is 0 Å². The van der Waals surface area contributed by atoms with Gasteiger partial charge in [-0.25, -0.2) is 0 Å². The lowest BCUT2D eigenvalue weighted by atomic mass is 10.1. The number of hydrogen-bond donors (Lipinski definition) is 1. The van der Waals surface area contributed by atoms with E-state index in [-0.39, 0.29) is 5.91 Å². The van der Waals surface area contributed by atoms with E-state index in [1.165, 1.54) is 25.7 Å². The van der Waals surface area contributed by atoms with E-state index in [9.17, 15) is 4.79 Å². The number of carbonyl (C=O) groups is 1. The van der Waals surface area contributed by atoms with Crippen molar-refractivity contribution in [2.45, 2.75) is 52.4 Å². The molecule has 0 saturated carbocycles. The van der Waals surface area contributed by atoms with E-state index in [4.69, 9.17) is 4.74 Å². The van der Waals surface area contributed by atoms with Gasteiger partial charge in [0.1, 0.15) is 0 Å². The summed E-state index contributed by atoms with van der Waals surface area (Å²) in [5.41, 5.74) is 0. The van der Waals surface area contributed by atoms with E-state index in [1.54, 1.807) is 6.92 Å². The van der Waals surface area contributed by atoms with Gasteiger partial charge in [-0.05, 0) is 19.3 Å². The van der Waals surface area contributed by atoms with E-state index < -0.39 is 0 Å². The van der Waals surface area contributed by atoms with Gasteiger partial charge < -0.3 is 10.1 Å². The van der Waals surface area contributed by atoms with Gasteiger partial charge in [0.25, 0.3) is 0 Å². The monoisotopic (exact) mass is 215 g/mol. The minimum Gasteiger partial charge on any atom is -0.381 e. The highest BCUT2D eigenvalue weighted by Gasteiger charge is 1.92. The molecule has 0 spiro atoms. The van der Waals surface area contributed by atoms with Crippen LogP contribution >= 0.6 is 0 Å². The summed E-state index contributed by atoms with van der Waals surface area (Å²) in [5.74, 6) is 0.0722. The summed E-state index contributed by atoms with van der Waals surface area (Å²) >= 11 is 0. The van der Waals surface area contributed by atoms with Gasteiger partial charge in [0, 0.05) is 26.7 Å². The zero-order valence-electron chi connectivity index (χ0n) is 10.2. The average Bonchev–Trinajstić information content (AvgIpc) is 2.20. The molecular formula is C12H25NO2. The molecule has 3 heteroatoms. The fraction of sp³-hybridized carbons (Fsp3) is 0.917. The van der Waals surface area contributed by atoms with Crippen LogP contribution in [0.2, 0.25) is 0 Å². The Kier molecular flexibility index (Phi) is 11.1. The summed E-state index contributed by atoms with van der Waals surface area (Å²) in [6.07, 6.45) is 7.05. The van der Waals surface area contributed by atoms with Gasteiger partial charge >= 0.3 is 0 Å². The summed E-state index contributed by atoms with van der Waals surface area (Å²) in [6, 6.07) is 0. The molecule has 0 bridgehead atoms. The lowest BCUT2D eigenvalue weighted by molar-refractivity contribution is -0.118. The van der Waals surface area contributed by atoms with Crippen LogP contribution in [0.3, 0.4) is 0 Å². The highest BCUT2D eigenvalue weighted by Crippen LogP contribution is 2.02. The third-order valence-electron chi connectivity index (χ3n) is 2.19. The molecule has 0 aliphatic rings. The molecule has 1 N–H and O–H groups in total. The van der Waals surface area contributed by atoms with Crippen LogP contribution in [0.5, 0.6) is 0 Å². The van der Waals surface area contributed by atoms with E-state index in [0.717, 1.165) is 32.6 Å². The molecule has 0 aromatic heterocycles. The van der Waals surface area contributed by atoms with E-state index in [0.29, 0.717) is 0 Å². The summed E-state index contributed by atoms with van der Waals surface area (Å²) in [6.45, 7) is 6.30. The summed E-state index contributed by atoms with van der Waals surface area (Å²) in [5, 5.41) is 2.80. The maximum atomic E-state index is 10.6. The Bertz CT molecular complexity index is 149. The number of carbonyl (C=O) groups excluding carboxylic acids is 1. The Morgan fingerprint density at radius 3 is 2.40 bits per heavy atom. The molecule has 0 atom stereocenters. The largest absolute Gasteiger partial charge is 0.381 e. The van der Waals surface area contributed by atoms with Crippen LogP contribution in [0, 0.1) is 0 Å². The van der Waals surface area contributed by atoms with Gasteiger partial charge in [-0.1, -0.05) is 26.2 Å². The smallest absolute Gasteiger partial charge is 0.216 e. The normalized spacial score (nSPS) is 10.3. The highest BCUT2D eigenvalue weighted by molar-refractivity contribution is 5.72. The third kappa shape index (κ3) is 13.4. The van der Waals surface area contributed by atoms with Crippen LogP contribution < -0.4 is 5.32 Å². The first-order valence-electron chi connectivity index (χ1n) is 6.09. The van der Waals surface area contributed by atoms with Crippen LogP contribution in [0.4, 0.5) is 0 Å². The van der Waals surface area contributed by atoms with Gasteiger partial charge in [0.2, 0.25) is 5.91 Å². The number of nitrogens with one attached hydrogen (secondary N) is 1. The Morgan fingerprint density at radius 1 is 1.07 bits per heavy atom. The fourth-order valence-electron chi connectivity index (χ4n) is 1.37. The molecule has 0 aromatic carbocycles. The molecule has 0 aliphatic heterocycles. The summed E-state index contributed by atoms with van der Waals surface area (Å²) in [7, 11) is 0. The molecule has 0 rings (SSSR count). The first-order chi connectivity index (χ1) is 7.27. The highest BCUT2D eigenvalue weighted by atomic mass is 16.5. The number of ether oxygens (including phenoxy) is 1. The molecule has 0 aromatic rings. The number of hydrogen-bond acceptors (Lipinski definition) is 2. The maximum Gasteiger partial charge on any atom is 0.216 e. The second-order valence-corrected chi connectivity index (χ2v) is 3.86. The van der Waals surface area contributed by atoms with Crippen LogP contribution in [-0.4, -0.2) is 25.7 Å². The first-order valence-corrected chi connectivity index (χ1v) is 6.09. The SMILES string of the molecule is CCCOCCCCCCCNC(C)=O. The molecule has 0 aliphatic carbocycles. The topological polar surface area (TPSA) is 38.3 Å². The molecule has 0 heterocycles. The standard InChI is InChI=1S/C12H25NO2/c1-3-10-15-11-8-6-4-5-7-9-13-12(2)14/h3-11H2,1-2H3,(H,13,14). The maximum absolute atomic E-state index is 10.6. The third-order valence-corrected chi connectivity index (χ3v) is 2.19. The molecule has 1 amide bonds. The molecule has 90 valence electrons. The van der Waals surface area contributed by atoms with Crippen LogP contribution in [0.1, 0.15) is 52.4 Å². The lowest BCUT2D eigenvalue weighted by Crippen LogP contribution is -2.20. The van der Waals surface area contributed by atoms with E-state index >= 15 is 0 Å². The van der Waals surface area contributed by atoms with Gasteiger partial charge in [0.15, 0.2) is 0 Å². The fourth-order valence-corrected chi connectivity index (χ4v) is 1.37.